The Bertz CT molecular complexity index is 954. The molecule has 0 aromatic heterocycles. The van der Waals surface area contributed by atoms with Crippen molar-refractivity contribution in [1.82, 2.24) is 0 Å². The summed E-state index contributed by atoms with van der Waals surface area (Å²) in [7, 11) is 0. The summed E-state index contributed by atoms with van der Waals surface area (Å²) in [6.07, 6.45) is 15.4. The van der Waals surface area contributed by atoms with Crippen molar-refractivity contribution in [2.24, 2.45) is 0 Å². The van der Waals surface area contributed by atoms with Crippen LogP contribution in [-0.2, 0) is 10.2 Å². The SMILES string of the molecule is CCCCCCCCCCCCCCC(S)(C(=O)O)C(c1ccccc1)(c1ccccc1)c1ccccc1. The van der Waals surface area contributed by atoms with Gasteiger partial charge in [-0.05, 0) is 23.1 Å². The first-order valence-electron chi connectivity index (χ1n) is 14.7. The fraction of sp³-hybridized carbons (Fsp3) is 0.457. The average molecular weight is 531 g/mol. The van der Waals surface area contributed by atoms with Crippen LogP contribution in [0.2, 0.25) is 0 Å². The number of carbonyl (C=O) groups is 1. The molecular weight excluding hydrogens is 484 g/mol. The second-order valence-corrected chi connectivity index (χ2v) is 11.4. The molecule has 1 atom stereocenters. The molecule has 0 radical (unpaired) electrons. The van der Waals surface area contributed by atoms with E-state index < -0.39 is 16.1 Å². The Kier molecular flexibility index (Phi) is 12.5. The van der Waals surface area contributed by atoms with E-state index in [2.05, 4.69) is 43.3 Å². The summed E-state index contributed by atoms with van der Waals surface area (Å²) in [5, 5.41) is 10.9. The van der Waals surface area contributed by atoms with E-state index in [4.69, 9.17) is 12.6 Å². The van der Waals surface area contributed by atoms with Crippen molar-refractivity contribution < 1.29 is 9.90 Å². The molecule has 204 valence electrons. The predicted octanol–water partition coefficient (Wildman–Crippen LogP) is 9.87. The van der Waals surface area contributed by atoms with Crippen molar-refractivity contribution in [3.05, 3.63) is 108 Å². The average Bonchev–Trinajstić information content (AvgIpc) is 2.95. The van der Waals surface area contributed by atoms with Gasteiger partial charge in [-0.1, -0.05) is 175 Å². The summed E-state index contributed by atoms with van der Waals surface area (Å²) in [6, 6.07) is 30.2. The van der Waals surface area contributed by atoms with Gasteiger partial charge >= 0.3 is 5.97 Å². The fourth-order valence-corrected chi connectivity index (χ4v) is 6.50. The molecule has 3 heteroatoms. The van der Waals surface area contributed by atoms with Crippen LogP contribution in [0.4, 0.5) is 0 Å². The van der Waals surface area contributed by atoms with Gasteiger partial charge in [-0.2, -0.15) is 12.6 Å². The van der Waals surface area contributed by atoms with Gasteiger partial charge < -0.3 is 5.11 Å². The zero-order valence-corrected chi connectivity index (χ0v) is 24.0. The van der Waals surface area contributed by atoms with Crippen LogP contribution in [0, 0.1) is 0 Å². The second-order valence-electron chi connectivity index (χ2n) is 10.7. The zero-order chi connectivity index (χ0) is 27.1. The second kappa shape index (κ2) is 15.8. The van der Waals surface area contributed by atoms with Crippen molar-refractivity contribution in [2.75, 3.05) is 0 Å². The molecule has 0 amide bonds. The fourth-order valence-electron chi connectivity index (χ4n) is 5.96. The number of aliphatic carboxylic acids is 1. The summed E-state index contributed by atoms with van der Waals surface area (Å²) >= 11 is 5.13. The Labute approximate surface area is 236 Å². The monoisotopic (exact) mass is 530 g/mol. The molecule has 0 saturated heterocycles. The van der Waals surface area contributed by atoms with Gasteiger partial charge in [0.15, 0.2) is 0 Å². The molecule has 3 aromatic carbocycles. The number of carboxylic acids is 1. The maximum atomic E-state index is 13.2. The zero-order valence-electron chi connectivity index (χ0n) is 23.2. The van der Waals surface area contributed by atoms with E-state index in [1.54, 1.807) is 0 Å². The number of thiol groups is 1. The lowest BCUT2D eigenvalue weighted by Crippen LogP contribution is -2.54. The molecule has 2 nitrogen and oxygen atoms in total. The molecule has 0 spiro atoms. The van der Waals surface area contributed by atoms with Crippen LogP contribution in [0.25, 0.3) is 0 Å². The number of unbranched alkanes of at least 4 members (excludes halogenated alkanes) is 11. The van der Waals surface area contributed by atoms with Gasteiger partial charge in [0.1, 0.15) is 4.75 Å². The minimum absolute atomic E-state index is 0.488. The maximum Gasteiger partial charge on any atom is 0.321 e. The van der Waals surface area contributed by atoms with E-state index in [9.17, 15) is 9.90 Å². The Morgan fingerprint density at radius 1 is 0.579 bits per heavy atom. The van der Waals surface area contributed by atoms with Gasteiger partial charge in [-0.15, -0.1) is 0 Å². The first-order valence-corrected chi connectivity index (χ1v) is 15.1. The third-order valence-corrected chi connectivity index (χ3v) is 8.74. The van der Waals surface area contributed by atoms with Crippen LogP contribution >= 0.6 is 12.6 Å². The van der Waals surface area contributed by atoms with Crippen LogP contribution in [0.5, 0.6) is 0 Å². The van der Waals surface area contributed by atoms with Gasteiger partial charge in [0.25, 0.3) is 0 Å². The van der Waals surface area contributed by atoms with E-state index in [0.29, 0.717) is 6.42 Å². The minimum atomic E-state index is -1.32. The normalized spacial score (nSPS) is 13.2. The lowest BCUT2D eigenvalue weighted by molar-refractivity contribution is -0.141. The van der Waals surface area contributed by atoms with Crippen molar-refractivity contribution in [3.8, 4) is 0 Å². The smallest absolute Gasteiger partial charge is 0.321 e. The van der Waals surface area contributed by atoms with E-state index in [-0.39, 0.29) is 0 Å². The van der Waals surface area contributed by atoms with E-state index in [1.165, 1.54) is 57.8 Å². The summed E-state index contributed by atoms with van der Waals surface area (Å²) in [4.78, 5) is 13.2. The molecular formula is C35H46O2S. The number of rotatable bonds is 18. The van der Waals surface area contributed by atoms with E-state index in [1.807, 2.05) is 54.6 Å². The maximum absolute atomic E-state index is 13.2. The highest BCUT2D eigenvalue weighted by Crippen LogP contribution is 2.52. The van der Waals surface area contributed by atoms with Crippen molar-refractivity contribution in [2.45, 2.75) is 101 Å². The highest BCUT2D eigenvalue weighted by molar-refractivity contribution is 7.82. The highest BCUT2D eigenvalue weighted by atomic mass is 32.1. The van der Waals surface area contributed by atoms with Gasteiger partial charge in [0.05, 0.1) is 5.41 Å². The predicted molar refractivity (Wildman–Crippen MR) is 164 cm³/mol. The van der Waals surface area contributed by atoms with Gasteiger partial charge in [0, 0.05) is 0 Å². The van der Waals surface area contributed by atoms with Gasteiger partial charge in [0.2, 0.25) is 0 Å². The summed E-state index contributed by atoms with van der Waals surface area (Å²) in [5.74, 6) is -0.875. The summed E-state index contributed by atoms with van der Waals surface area (Å²) < 4.78 is -1.32. The van der Waals surface area contributed by atoms with Crippen LogP contribution in [0.3, 0.4) is 0 Å². The van der Waals surface area contributed by atoms with Crippen LogP contribution in [0.15, 0.2) is 91.0 Å². The molecule has 1 unspecified atom stereocenters. The quantitative estimate of drug-likeness (QED) is 0.0975. The molecule has 38 heavy (non-hydrogen) atoms. The molecule has 3 aromatic rings. The topological polar surface area (TPSA) is 37.3 Å². The summed E-state index contributed by atoms with van der Waals surface area (Å²) in [5.41, 5.74) is 1.92. The number of hydrogen-bond acceptors (Lipinski definition) is 2. The standard InChI is InChI=1S/C35H46O2S/c1-2-3-4-5-6-7-8-9-10-11-12-22-29-34(38,33(36)37)35(30-23-16-13-17-24-30,31-25-18-14-19-26-31)32-27-20-15-21-28-32/h13-21,23-28,38H,2-12,22,29H2,1H3,(H,36,37). The third-order valence-electron chi connectivity index (χ3n) is 7.99. The third kappa shape index (κ3) is 7.32. The lowest BCUT2D eigenvalue weighted by Gasteiger charge is -2.47. The number of carboxylic acid groups (broad SMARTS) is 1. The van der Waals surface area contributed by atoms with Crippen LogP contribution < -0.4 is 0 Å². The van der Waals surface area contributed by atoms with Gasteiger partial charge in [-0.3, -0.25) is 4.79 Å². The van der Waals surface area contributed by atoms with Crippen molar-refractivity contribution in [3.63, 3.8) is 0 Å². The van der Waals surface area contributed by atoms with Gasteiger partial charge in [-0.25, -0.2) is 0 Å². The molecule has 3 rings (SSSR count). The molecule has 0 aliphatic carbocycles. The highest BCUT2D eigenvalue weighted by Gasteiger charge is 2.57. The first kappa shape index (κ1) is 30.0. The summed E-state index contributed by atoms with van der Waals surface area (Å²) in [6.45, 7) is 2.26. The number of hydrogen-bond donors (Lipinski definition) is 2. The van der Waals surface area contributed by atoms with Crippen LogP contribution in [0.1, 0.15) is 107 Å². The molecule has 0 aliphatic rings. The van der Waals surface area contributed by atoms with E-state index in [0.717, 1.165) is 36.0 Å². The van der Waals surface area contributed by atoms with Crippen molar-refractivity contribution in [1.29, 1.82) is 0 Å². The Hall–Kier alpha value is -2.52. The van der Waals surface area contributed by atoms with Crippen molar-refractivity contribution >= 4 is 18.6 Å². The Balaban J connectivity index is 1.77. The number of benzene rings is 3. The van der Waals surface area contributed by atoms with E-state index >= 15 is 0 Å². The molecule has 0 aliphatic heterocycles. The lowest BCUT2D eigenvalue weighted by atomic mass is 9.60. The molecule has 0 saturated carbocycles. The minimum Gasteiger partial charge on any atom is -0.480 e. The molecule has 0 fully saturated rings. The Morgan fingerprint density at radius 3 is 1.21 bits per heavy atom. The molecule has 1 N–H and O–H groups in total. The first-order chi connectivity index (χ1) is 18.6. The Morgan fingerprint density at radius 2 is 0.895 bits per heavy atom. The molecule has 0 heterocycles. The van der Waals surface area contributed by atoms with Crippen LogP contribution in [-0.4, -0.2) is 15.8 Å². The molecule has 0 bridgehead atoms. The largest absolute Gasteiger partial charge is 0.480 e.